The minimum absolute atomic E-state index is 0.363. The summed E-state index contributed by atoms with van der Waals surface area (Å²) in [5, 5.41) is 5.30. The van der Waals surface area contributed by atoms with Gasteiger partial charge in [-0.05, 0) is 29.5 Å². The third-order valence-corrected chi connectivity index (χ3v) is 5.55. The van der Waals surface area contributed by atoms with Crippen molar-refractivity contribution in [2.45, 2.75) is 19.8 Å². The number of anilines is 1. The number of amides is 2. The normalized spacial score (nSPS) is 16.1. The first kappa shape index (κ1) is 16.6. The van der Waals surface area contributed by atoms with Crippen molar-refractivity contribution in [3.05, 3.63) is 58.0 Å². The lowest BCUT2D eigenvalue weighted by molar-refractivity contribution is -0.128. The predicted octanol–water partition coefficient (Wildman–Crippen LogP) is 2.61. The molecule has 26 heavy (non-hydrogen) atoms. The summed E-state index contributed by atoms with van der Waals surface area (Å²) >= 11 is 1.62. The molecule has 1 unspecified atom stereocenters. The molecule has 1 aliphatic heterocycles. The van der Waals surface area contributed by atoms with Gasteiger partial charge in [-0.1, -0.05) is 38.1 Å². The van der Waals surface area contributed by atoms with E-state index in [1.807, 2.05) is 36.4 Å². The summed E-state index contributed by atoms with van der Waals surface area (Å²) in [6.07, 6.45) is 1.67. The lowest BCUT2D eigenvalue weighted by Gasteiger charge is -2.12. The van der Waals surface area contributed by atoms with E-state index in [1.54, 1.807) is 23.5 Å². The van der Waals surface area contributed by atoms with Crippen molar-refractivity contribution in [1.82, 2.24) is 4.98 Å². The Morgan fingerprint density at radius 1 is 1.19 bits per heavy atom. The molecular weight excluding hydrogens is 346 g/mol. The van der Waals surface area contributed by atoms with E-state index < -0.39 is 11.8 Å². The van der Waals surface area contributed by atoms with Crippen LogP contribution in [0.5, 0.6) is 0 Å². The van der Waals surface area contributed by atoms with Crippen LogP contribution in [0.4, 0.5) is 5.69 Å². The van der Waals surface area contributed by atoms with Crippen LogP contribution in [-0.2, 0) is 9.59 Å². The summed E-state index contributed by atoms with van der Waals surface area (Å²) < 4.78 is 1.01. The van der Waals surface area contributed by atoms with E-state index in [9.17, 15) is 9.59 Å². The zero-order chi connectivity index (χ0) is 18.3. The Morgan fingerprint density at radius 2 is 2.00 bits per heavy atom. The molecule has 1 N–H and O–H groups in total. The molecule has 3 aromatic rings. The van der Waals surface area contributed by atoms with Crippen LogP contribution < -0.4 is 15.9 Å². The highest BCUT2D eigenvalue weighted by molar-refractivity contribution is 7.18. The topological polar surface area (TPSA) is 71.4 Å². The lowest BCUT2D eigenvalue weighted by Crippen LogP contribution is -2.38. The Kier molecular flexibility index (Phi) is 4.12. The fourth-order valence-corrected chi connectivity index (χ4v) is 3.85. The Hall–Kier alpha value is -2.86. The molecule has 6 heteroatoms. The molecular formula is C20H17N3O2S. The number of nitrogens with one attached hydrogen (secondary N) is 1. The number of carbonyl (C=O) groups excluding carboxylic acids is 2. The summed E-state index contributed by atoms with van der Waals surface area (Å²) in [7, 11) is 0. The summed E-state index contributed by atoms with van der Waals surface area (Å²) in [5.74, 6) is -1.36. The quantitative estimate of drug-likeness (QED) is 0.727. The van der Waals surface area contributed by atoms with Gasteiger partial charge in [-0.3, -0.25) is 9.59 Å². The molecule has 0 radical (unpaired) electrons. The van der Waals surface area contributed by atoms with Gasteiger partial charge in [-0.2, -0.15) is 0 Å². The number of para-hydroxylation sites is 1. The number of carbonyl (C=O) groups is 2. The number of fused-ring (bicyclic) bond motifs is 2. The third-order valence-electron chi connectivity index (χ3n) is 4.23. The molecule has 0 saturated carbocycles. The molecule has 1 atom stereocenters. The molecule has 2 heterocycles. The maximum absolute atomic E-state index is 12.6. The van der Waals surface area contributed by atoms with Crippen LogP contribution in [0, 0.1) is 5.92 Å². The van der Waals surface area contributed by atoms with E-state index in [4.69, 9.17) is 0 Å². The Morgan fingerprint density at radius 3 is 2.81 bits per heavy atom. The van der Waals surface area contributed by atoms with E-state index in [0.717, 1.165) is 20.4 Å². The first-order valence-corrected chi connectivity index (χ1v) is 9.24. The van der Waals surface area contributed by atoms with Crippen LogP contribution in [-0.4, -0.2) is 16.8 Å². The molecule has 130 valence electrons. The van der Waals surface area contributed by atoms with Crippen molar-refractivity contribution < 1.29 is 9.59 Å². The molecule has 2 amide bonds. The zero-order valence-corrected chi connectivity index (χ0v) is 15.2. The Bertz CT molecular complexity index is 1150. The summed E-state index contributed by atoms with van der Waals surface area (Å²) in [6, 6.07) is 12.9. The van der Waals surface area contributed by atoms with Crippen molar-refractivity contribution in [3.8, 4) is 0 Å². The van der Waals surface area contributed by atoms with Gasteiger partial charge in [0.1, 0.15) is 5.92 Å². The predicted molar refractivity (Wildman–Crippen MR) is 103 cm³/mol. The number of thiazole rings is 1. The second kappa shape index (κ2) is 6.46. The average Bonchev–Trinajstić information content (AvgIpc) is 3.04. The van der Waals surface area contributed by atoms with E-state index in [1.165, 1.54) is 0 Å². The van der Waals surface area contributed by atoms with Crippen molar-refractivity contribution in [1.29, 1.82) is 0 Å². The lowest BCUT2D eigenvalue weighted by atomic mass is 10.0. The molecule has 1 aliphatic rings. The van der Waals surface area contributed by atoms with Crippen molar-refractivity contribution in [2.24, 2.45) is 10.9 Å². The minimum atomic E-state index is -0.909. The molecule has 0 aliphatic carbocycles. The van der Waals surface area contributed by atoms with Gasteiger partial charge < -0.3 is 5.32 Å². The van der Waals surface area contributed by atoms with Gasteiger partial charge >= 0.3 is 0 Å². The molecule has 5 nitrogen and oxygen atoms in total. The van der Waals surface area contributed by atoms with Crippen molar-refractivity contribution in [2.75, 3.05) is 5.32 Å². The van der Waals surface area contributed by atoms with Gasteiger partial charge in [-0.15, -0.1) is 11.3 Å². The smallest absolute Gasteiger partial charge is 0.262 e. The number of nitrogens with zero attached hydrogens (tertiary/aromatic N) is 2. The SMILES string of the molecule is CC(C)c1nc2ccc(NC(=O)C3C=c4ccccc4=NC3=O)cc2s1. The molecule has 0 spiro atoms. The maximum Gasteiger partial charge on any atom is 0.262 e. The highest BCUT2D eigenvalue weighted by Gasteiger charge is 2.26. The van der Waals surface area contributed by atoms with E-state index >= 15 is 0 Å². The standard InChI is InChI=1S/C20H17N3O2S/c1-11(2)20-23-16-8-7-13(10-17(16)26-20)21-18(24)14-9-12-5-3-4-6-15(12)22-19(14)25/h3-11,14H,1-2H3,(H,21,24). The van der Waals surface area contributed by atoms with Gasteiger partial charge in [-0.25, -0.2) is 9.98 Å². The molecule has 4 rings (SSSR count). The summed E-state index contributed by atoms with van der Waals surface area (Å²) in [6.45, 7) is 4.21. The highest BCUT2D eigenvalue weighted by atomic mass is 32.1. The summed E-state index contributed by atoms with van der Waals surface area (Å²) in [5.41, 5.74) is 1.57. The number of hydrogen-bond acceptors (Lipinski definition) is 4. The first-order chi connectivity index (χ1) is 12.5. The molecule has 1 aromatic heterocycles. The highest BCUT2D eigenvalue weighted by Crippen LogP contribution is 2.29. The van der Waals surface area contributed by atoms with E-state index in [0.29, 0.717) is 17.0 Å². The van der Waals surface area contributed by atoms with Crippen LogP contribution in [0.15, 0.2) is 47.5 Å². The Balaban J connectivity index is 1.61. The van der Waals surface area contributed by atoms with E-state index in [-0.39, 0.29) is 5.91 Å². The van der Waals surface area contributed by atoms with Crippen molar-refractivity contribution >= 4 is 45.1 Å². The molecule has 2 aromatic carbocycles. The second-order valence-corrected chi connectivity index (χ2v) is 7.59. The Labute approximate surface area is 154 Å². The van der Waals surface area contributed by atoms with Gasteiger partial charge in [0.2, 0.25) is 5.91 Å². The van der Waals surface area contributed by atoms with Gasteiger partial charge in [0.05, 0.1) is 20.6 Å². The largest absolute Gasteiger partial charge is 0.325 e. The number of aromatic nitrogens is 1. The average molecular weight is 363 g/mol. The monoisotopic (exact) mass is 363 g/mol. The van der Waals surface area contributed by atoms with Crippen molar-refractivity contribution in [3.63, 3.8) is 0 Å². The number of rotatable bonds is 3. The first-order valence-electron chi connectivity index (χ1n) is 8.42. The maximum atomic E-state index is 12.6. The van der Waals surface area contributed by atoms with Gasteiger partial charge in [0, 0.05) is 11.6 Å². The van der Waals surface area contributed by atoms with Gasteiger partial charge in [0.15, 0.2) is 0 Å². The summed E-state index contributed by atoms with van der Waals surface area (Å²) in [4.78, 5) is 33.4. The minimum Gasteiger partial charge on any atom is -0.325 e. The molecule has 0 saturated heterocycles. The molecule has 0 bridgehead atoms. The van der Waals surface area contributed by atoms with Crippen LogP contribution >= 0.6 is 11.3 Å². The second-order valence-electron chi connectivity index (χ2n) is 6.53. The molecule has 0 fully saturated rings. The number of benzene rings is 2. The van der Waals surface area contributed by atoms with E-state index in [2.05, 4.69) is 29.1 Å². The fourth-order valence-electron chi connectivity index (χ4n) is 2.84. The van der Waals surface area contributed by atoms with Crippen LogP contribution in [0.25, 0.3) is 16.3 Å². The van der Waals surface area contributed by atoms with Crippen LogP contribution in [0.1, 0.15) is 24.8 Å². The van der Waals surface area contributed by atoms with Crippen LogP contribution in [0.2, 0.25) is 0 Å². The third kappa shape index (κ3) is 3.04. The fraction of sp³-hybridized carbons (Fsp3) is 0.200. The van der Waals surface area contributed by atoms with Crippen LogP contribution in [0.3, 0.4) is 0 Å². The number of hydrogen-bond donors (Lipinski definition) is 1. The zero-order valence-electron chi connectivity index (χ0n) is 14.4. The van der Waals surface area contributed by atoms with Gasteiger partial charge in [0.25, 0.3) is 5.91 Å².